The summed E-state index contributed by atoms with van der Waals surface area (Å²) >= 11 is 0. The lowest BCUT2D eigenvalue weighted by molar-refractivity contribution is -0.910. The second-order valence-corrected chi connectivity index (χ2v) is 7.04. The first kappa shape index (κ1) is 20.0. The molecule has 1 heterocycles. The van der Waals surface area contributed by atoms with E-state index in [-0.39, 0.29) is 18.5 Å². The molecule has 0 aliphatic carbocycles. The van der Waals surface area contributed by atoms with Crippen molar-refractivity contribution in [1.29, 1.82) is 0 Å². The lowest BCUT2D eigenvalue weighted by atomic mass is 10.0. The van der Waals surface area contributed by atoms with Gasteiger partial charge in [-0.3, -0.25) is 10.1 Å². The molecule has 7 heteroatoms. The van der Waals surface area contributed by atoms with Gasteiger partial charge >= 0.3 is 6.03 Å². The summed E-state index contributed by atoms with van der Waals surface area (Å²) in [7, 11) is 3.26. The minimum atomic E-state index is -0.430. The molecular weight excluding hydrogens is 334 g/mol. The highest BCUT2D eigenvalue weighted by Crippen LogP contribution is 2.31. The number of hydrogen-bond donors (Lipinski definition) is 3. The molecule has 1 saturated heterocycles. The highest BCUT2D eigenvalue weighted by atomic mass is 16.5. The first-order valence-corrected chi connectivity index (χ1v) is 9.08. The van der Waals surface area contributed by atoms with Crippen LogP contribution < -0.4 is 25.0 Å². The molecule has 2 rings (SSSR count). The molecule has 7 nitrogen and oxygen atoms in total. The number of methoxy groups -OCH3 is 2. The summed E-state index contributed by atoms with van der Waals surface area (Å²) in [4.78, 5) is 25.2. The summed E-state index contributed by atoms with van der Waals surface area (Å²) in [5.74, 6) is 1.58. The number of quaternary nitrogens is 1. The number of amides is 3. The van der Waals surface area contributed by atoms with Gasteiger partial charge in [0.05, 0.1) is 26.3 Å². The predicted octanol–water partition coefficient (Wildman–Crippen LogP) is 0.905. The molecule has 1 aliphatic heterocycles. The third-order valence-corrected chi connectivity index (χ3v) is 4.61. The van der Waals surface area contributed by atoms with Gasteiger partial charge in [-0.15, -0.1) is 0 Å². The molecule has 0 spiro atoms. The lowest BCUT2D eigenvalue weighted by Crippen LogP contribution is -3.11. The van der Waals surface area contributed by atoms with Crippen molar-refractivity contribution < 1.29 is 24.0 Å². The van der Waals surface area contributed by atoms with Gasteiger partial charge in [0, 0.05) is 25.5 Å². The third-order valence-electron chi connectivity index (χ3n) is 4.61. The minimum Gasteiger partial charge on any atom is -0.497 e. The summed E-state index contributed by atoms with van der Waals surface area (Å²) in [5, 5.41) is 5.12. The van der Waals surface area contributed by atoms with E-state index in [1.807, 2.05) is 32.0 Å². The van der Waals surface area contributed by atoms with Crippen molar-refractivity contribution in [1.82, 2.24) is 10.6 Å². The van der Waals surface area contributed by atoms with Gasteiger partial charge in [-0.05, 0) is 18.1 Å². The van der Waals surface area contributed by atoms with Gasteiger partial charge in [0.1, 0.15) is 17.5 Å². The maximum Gasteiger partial charge on any atom is 0.321 e. The van der Waals surface area contributed by atoms with E-state index in [1.54, 1.807) is 14.2 Å². The molecule has 0 aromatic heterocycles. The Kier molecular flexibility index (Phi) is 7.26. The molecule has 1 unspecified atom stereocenters. The summed E-state index contributed by atoms with van der Waals surface area (Å²) in [6, 6.07) is 5.51. The van der Waals surface area contributed by atoms with Crippen LogP contribution in [-0.2, 0) is 4.79 Å². The summed E-state index contributed by atoms with van der Waals surface area (Å²) in [6.07, 6.45) is 2.01. The van der Waals surface area contributed by atoms with Crippen LogP contribution in [0.2, 0.25) is 0 Å². The summed E-state index contributed by atoms with van der Waals surface area (Å²) in [5.41, 5.74) is 1.07. The van der Waals surface area contributed by atoms with Gasteiger partial charge in [-0.2, -0.15) is 0 Å². The number of carbonyl (C=O) groups excluding carboxylic acids is 2. The van der Waals surface area contributed by atoms with Crippen LogP contribution >= 0.6 is 0 Å². The number of hydrogen-bond acceptors (Lipinski definition) is 4. The first-order chi connectivity index (χ1) is 12.4. The van der Waals surface area contributed by atoms with Crippen molar-refractivity contribution >= 4 is 11.9 Å². The van der Waals surface area contributed by atoms with Crippen LogP contribution in [0.4, 0.5) is 4.79 Å². The third kappa shape index (κ3) is 5.36. The monoisotopic (exact) mass is 364 g/mol. The zero-order valence-corrected chi connectivity index (χ0v) is 16.1. The van der Waals surface area contributed by atoms with E-state index in [0.29, 0.717) is 12.5 Å². The number of likely N-dealkylation sites (tertiary alicyclic amines) is 1. The van der Waals surface area contributed by atoms with Crippen LogP contribution in [-0.4, -0.2) is 45.8 Å². The van der Waals surface area contributed by atoms with E-state index in [4.69, 9.17) is 9.47 Å². The largest absolute Gasteiger partial charge is 0.497 e. The average Bonchev–Trinajstić information content (AvgIpc) is 3.06. The Morgan fingerprint density at radius 1 is 1.27 bits per heavy atom. The molecule has 0 bridgehead atoms. The molecule has 1 fully saturated rings. The predicted molar refractivity (Wildman–Crippen MR) is 98.6 cm³/mol. The van der Waals surface area contributed by atoms with Crippen molar-refractivity contribution in [3.05, 3.63) is 23.8 Å². The summed E-state index contributed by atoms with van der Waals surface area (Å²) < 4.78 is 10.8. The fourth-order valence-electron chi connectivity index (χ4n) is 3.32. The molecule has 1 aromatic rings. The Balaban J connectivity index is 1.99. The number of imide groups is 1. The molecule has 3 amide bonds. The van der Waals surface area contributed by atoms with E-state index in [9.17, 15) is 9.59 Å². The van der Waals surface area contributed by atoms with Crippen molar-refractivity contribution in [3.8, 4) is 11.5 Å². The van der Waals surface area contributed by atoms with E-state index in [1.165, 1.54) is 0 Å². The minimum absolute atomic E-state index is 0.167. The molecule has 144 valence electrons. The maximum absolute atomic E-state index is 12.2. The molecule has 26 heavy (non-hydrogen) atoms. The van der Waals surface area contributed by atoms with Crippen molar-refractivity contribution in [2.75, 3.05) is 33.9 Å². The number of carbonyl (C=O) groups is 2. The first-order valence-electron chi connectivity index (χ1n) is 9.08. The van der Waals surface area contributed by atoms with E-state index in [2.05, 4.69) is 10.6 Å². The number of urea groups is 1. The van der Waals surface area contributed by atoms with E-state index < -0.39 is 6.03 Å². The second kappa shape index (κ2) is 9.43. The van der Waals surface area contributed by atoms with Crippen molar-refractivity contribution in [2.45, 2.75) is 32.7 Å². The SMILES string of the molecule is COc1ccc([C@@H]2CCC[NH+]2CC(=O)NC(=O)NCC(C)C)c(OC)c1. The van der Waals surface area contributed by atoms with Crippen molar-refractivity contribution in [3.63, 3.8) is 0 Å². The molecule has 2 atom stereocenters. The fraction of sp³-hybridized carbons (Fsp3) is 0.579. The zero-order valence-electron chi connectivity index (χ0n) is 16.1. The normalized spacial score (nSPS) is 19.3. The Morgan fingerprint density at radius 3 is 2.69 bits per heavy atom. The van der Waals surface area contributed by atoms with Crippen LogP contribution in [0.25, 0.3) is 0 Å². The van der Waals surface area contributed by atoms with E-state index >= 15 is 0 Å². The standard InChI is InChI=1S/C19H29N3O4/c1-13(2)11-20-19(24)21-18(23)12-22-9-5-6-16(22)15-8-7-14(25-3)10-17(15)26-4/h7-8,10,13,16H,5-6,9,11-12H2,1-4H3,(H2,20,21,23,24)/p+1/t16-/m0/s1. The average molecular weight is 364 g/mol. The second-order valence-electron chi connectivity index (χ2n) is 7.04. The quantitative estimate of drug-likeness (QED) is 0.672. The molecule has 0 radical (unpaired) electrons. The van der Waals surface area contributed by atoms with Gasteiger partial charge in [0.25, 0.3) is 5.91 Å². The number of rotatable bonds is 7. The number of nitrogens with one attached hydrogen (secondary N) is 3. The van der Waals surface area contributed by atoms with Crippen molar-refractivity contribution in [2.24, 2.45) is 5.92 Å². The Hall–Kier alpha value is -2.28. The highest BCUT2D eigenvalue weighted by Gasteiger charge is 2.34. The Bertz CT molecular complexity index is 633. The van der Waals surface area contributed by atoms with Crippen LogP contribution in [0.5, 0.6) is 11.5 Å². The molecule has 1 aliphatic rings. The van der Waals surface area contributed by atoms with Crippen LogP contribution in [0.3, 0.4) is 0 Å². The number of benzene rings is 1. The highest BCUT2D eigenvalue weighted by molar-refractivity contribution is 5.94. The molecule has 0 saturated carbocycles. The summed E-state index contributed by atoms with van der Waals surface area (Å²) in [6.45, 7) is 5.70. The smallest absolute Gasteiger partial charge is 0.321 e. The van der Waals surface area contributed by atoms with Gasteiger partial charge in [-0.1, -0.05) is 13.8 Å². The van der Waals surface area contributed by atoms with Crippen LogP contribution in [0.1, 0.15) is 38.3 Å². The molecule has 3 N–H and O–H groups in total. The van der Waals surface area contributed by atoms with Gasteiger partial charge in [-0.25, -0.2) is 4.79 Å². The maximum atomic E-state index is 12.2. The molecule has 1 aromatic carbocycles. The molecular formula is C19H30N3O4+. The van der Waals surface area contributed by atoms with Gasteiger partial charge < -0.3 is 19.7 Å². The van der Waals surface area contributed by atoms with Crippen LogP contribution in [0.15, 0.2) is 18.2 Å². The van der Waals surface area contributed by atoms with E-state index in [0.717, 1.165) is 41.3 Å². The fourth-order valence-corrected chi connectivity index (χ4v) is 3.32. The van der Waals surface area contributed by atoms with Gasteiger partial charge in [0.2, 0.25) is 0 Å². The van der Waals surface area contributed by atoms with Crippen LogP contribution in [0, 0.1) is 5.92 Å². The Morgan fingerprint density at radius 2 is 2.04 bits per heavy atom. The van der Waals surface area contributed by atoms with Gasteiger partial charge in [0.15, 0.2) is 6.54 Å². The zero-order chi connectivity index (χ0) is 19.1. The number of ether oxygens (including phenoxy) is 2. The lowest BCUT2D eigenvalue weighted by Gasteiger charge is -2.23. The Labute approximate surface area is 155 Å². The topological polar surface area (TPSA) is 81.1 Å².